The van der Waals surface area contributed by atoms with Gasteiger partial charge in [0, 0.05) is 30.8 Å². The molecule has 2 aliphatic heterocycles. The maximum atomic E-state index is 12.6. The Morgan fingerprint density at radius 1 is 1.23 bits per heavy atom. The first-order chi connectivity index (χ1) is 12.7. The minimum atomic E-state index is 0.0520. The van der Waals surface area contributed by atoms with E-state index in [-0.39, 0.29) is 11.8 Å². The van der Waals surface area contributed by atoms with Gasteiger partial charge in [-0.25, -0.2) is 0 Å². The zero-order chi connectivity index (χ0) is 17.9. The Balaban J connectivity index is 1.58. The Bertz CT molecular complexity index is 791. The number of fused-ring (bicyclic) bond motifs is 1. The molecule has 4 rings (SSSR count). The highest BCUT2D eigenvalue weighted by Gasteiger charge is 2.22. The van der Waals surface area contributed by atoms with Crippen molar-refractivity contribution < 1.29 is 4.79 Å². The van der Waals surface area contributed by atoms with E-state index in [2.05, 4.69) is 37.5 Å². The molecule has 6 nitrogen and oxygen atoms in total. The Hall–Kier alpha value is -2.21. The molecule has 0 saturated carbocycles. The first kappa shape index (κ1) is 17.2. The van der Waals surface area contributed by atoms with Crippen LogP contribution in [-0.2, 0) is 17.8 Å². The number of hydrogen-bond acceptors (Lipinski definition) is 4. The number of anilines is 1. The third kappa shape index (κ3) is 3.51. The number of nitrogens with one attached hydrogen (secondary N) is 2. The number of hydrogen-bond donors (Lipinski definition) is 2. The van der Waals surface area contributed by atoms with Crippen LogP contribution >= 0.6 is 0 Å². The lowest BCUT2D eigenvalue weighted by atomic mass is 9.98. The van der Waals surface area contributed by atoms with Crippen LogP contribution in [-0.4, -0.2) is 33.8 Å². The predicted molar refractivity (Wildman–Crippen MR) is 102 cm³/mol. The van der Waals surface area contributed by atoms with Gasteiger partial charge in [-0.05, 0) is 50.8 Å². The lowest BCUT2D eigenvalue weighted by Gasteiger charge is -2.22. The van der Waals surface area contributed by atoms with Gasteiger partial charge in [0.05, 0.1) is 5.92 Å². The van der Waals surface area contributed by atoms with Gasteiger partial charge >= 0.3 is 0 Å². The average molecular weight is 353 g/mol. The molecule has 0 aliphatic carbocycles. The van der Waals surface area contributed by atoms with Crippen LogP contribution in [0.4, 0.5) is 5.69 Å². The molecule has 1 saturated heterocycles. The van der Waals surface area contributed by atoms with E-state index >= 15 is 0 Å². The summed E-state index contributed by atoms with van der Waals surface area (Å²) < 4.78 is 2.24. The van der Waals surface area contributed by atoms with Crippen LogP contribution in [0, 0.1) is 12.8 Å². The number of aryl methyl sites for hydroxylation is 2. The molecule has 1 amide bonds. The van der Waals surface area contributed by atoms with Gasteiger partial charge in [0.1, 0.15) is 5.82 Å². The summed E-state index contributed by atoms with van der Waals surface area (Å²) in [6.07, 6.45) is 6.60. The molecular weight excluding hydrogens is 326 g/mol. The largest absolute Gasteiger partial charge is 0.326 e. The molecule has 26 heavy (non-hydrogen) atoms. The van der Waals surface area contributed by atoms with Crippen LogP contribution in [0.1, 0.15) is 43.5 Å². The second-order valence-electron chi connectivity index (χ2n) is 7.46. The quantitative estimate of drug-likeness (QED) is 0.890. The summed E-state index contributed by atoms with van der Waals surface area (Å²) in [6.45, 7) is 4.78. The molecular formula is C20H27N5O. The van der Waals surface area contributed by atoms with E-state index in [1.54, 1.807) is 0 Å². The van der Waals surface area contributed by atoms with Gasteiger partial charge in [-0.1, -0.05) is 18.6 Å². The smallest absolute Gasteiger partial charge is 0.228 e. The number of nitrogens with zero attached hydrogens (tertiary/aromatic N) is 3. The Morgan fingerprint density at radius 3 is 3.00 bits per heavy atom. The molecule has 0 radical (unpaired) electrons. The lowest BCUT2D eigenvalue weighted by Crippen LogP contribution is -2.37. The van der Waals surface area contributed by atoms with Gasteiger partial charge in [-0.3, -0.25) is 4.79 Å². The molecule has 0 bridgehead atoms. The SMILES string of the molecule is Cc1ccc(-c2nnc3n2CCCCC3)cc1NC(=O)C1CCCNC1. The van der Waals surface area contributed by atoms with E-state index in [1.165, 1.54) is 19.3 Å². The molecule has 6 heteroatoms. The van der Waals surface area contributed by atoms with Crippen LogP contribution < -0.4 is 10.6 Å². The summed E-state index contributed by atoms with van der Waals surface area (Å²) in [5, 5.41) is 15.3. The number of rotatable bonds is 3. The topological polar surface area (TPSA) is 71.8 Å². The normalized spacial score (nSPS) is 20.3. The second-order valence-corrected chi connectivity index (χ2v) is 7.46. The third-order valence-corrected chi connectivity index (χ3v) is 5.53. The third-order valence-electron chi connectivity index (χ3n) is 5.53. The number of carbonyl (C=O) groups excluding carboxylic acids is 1. The van der Waals surface area contributed by atoms with Crippen LogP contribution in [0.25, 0.3) is 11.4 Å². The fraction of sp³-hybridized carbons (Fsp3) is 0.550. The van der Waals surface area contributed by atoms with Crippen molar-refractivity contribution in [2.75, 3.05) is 18.4 Å². The highest BCUT2D eigenvalue weighted by molar-refractivity contribution is 5.94. The summed E-state index contributed by atoms with van der Waals surface area (Å²) in [5.41, 5.74) is 2.97. The molecule has 1 aromatic carbocycles. The maximum absolute atomic E-state index is 12.6. The van der Waals surface area contributed by atoms with Crippen LogP contribution in [0.3, 0.4) is 0 Å². The number of amides is 1. The number of aromatic nitrogens is 3. The van der Waals surface area contributed by atoms with Crippen molar-refractivity contribution in [3.8, 4) is 11.4 Å². The highest BCUT2D eigenvalue weighted by atomic mass is 16.1. The van der Waals surface area contributed by atoms with Crippen molar-refractivity contribution >= 4 is 11.6 Å². The van der Waals surface area contributed by atoms with Gasteiger partial charge in [0.15, 0.2) is 5.82 Å². The minimum absolute atomic E-state index is 0.0520. The predicted octanol–water partition coefficient (Wildman–Crippen LogP) is 2.92. The standard InChI is InChI=1S/C20H27N5O/c1-14-8-9-15(19-24-23-18-7-3-2-4-11-25(18)19)12-17(14)22-20(26)16-6-5-10-21-13-16/h8-9,12,16,21H,2-7,10-11,13H2,1H3,(H,22,26). The first-order valence-corrected chi connectivity index (χ1v) is 9.77. The molecule has 2 N–H and O–H groups in total. The molecule has 1 atom stereocenters. The summed E-state index contributed by atoms with van der Waals surface area (Å²) in [5.74, 6) is 2.15. The Morgan fingerprint density at radius 2 is 2.15 bits per heavy atom. The van der Waals surface area contributed by atoms with Gasteiger partial charge < -0.3 is 15.2 Å². The van der Waals surface area contributed by atoms with Crippen molar-refractivity contribution in [3.63, 3.8) is 0 Å². The van der Waals surface area contributed by atoms with E-state index in [1.807, 2.05) is 13.0 Å². The molecule has 1 unspecified atom stereocenters. The van der Waals surface area contributed by atoms with Gasteiger partial charge in [0.2, 0.25) is 5.91 Å². The van der Waals surface area contributed by atoms with Gasteiger partial charge in [-0.15, -0.1) is 10.2 Å². The number of piperidine rings is 1. The average Bonchev–Trinajstić information content (AvgIpc) is 2.92. The summed E-state index contributed by atoms with van der Waals surface area (Å²) in [6, 6.07) is 6.18. The van der Waals surface area contributed by atoms with E-state index < -0.39 is 0 Å². The molecule has 138 valence electrons. The molecule has 0 spiro atoms. The summed E-state index contributed by atoms with van der Waals surface area (Å²) in [4.78, 5) is 12.6. The molecule has 2 aliphatic rings. The fourth-order valence-corrected chi connectivity index (χ4v) is 3.90. The van der Waals surface area contributed by atoms with Gasteiger partial charge in [-0.2, -0.15) is 0 Å². The molecule has 1 aromatic heterocycles. The highest BCUT2D eigenvalue weighted by Crippen LogP contribution is 2.27. The van der Waals surface area contributed by atoms with Gasteiger partial charge in [0.25, 0.3) is 0 Å². The number of benzene rings is 1. The second kappa shape index (κ2) is 7.58. The van der Waals surface area contributed by atoms with E-state index in [9.17, 15) is 4.79 Å². The van der Waals surface area contributed by atoms with Crippen molar-refractivity contribution in [1.82, 2.24) is 20.1 Å². The lowest BCUT2D eigenvalue weighted by molar-refractivity contribution is -0.120. The summed E-state index contributed by atoms with van der Waals surface area (Å²) >= 11 is 0. The van der Waals surface area contributed by atoms with Crippen LogP contribution in [0.2, 0.25) is 0 Å². The van der Waals surface area contributed by atoms with E-state index in [4.69, 9.17) is 0 Å². The van der Waals surface area contributed by atoms with Crippen molar-refractivity contribution in [2.45, 2.75) is 52.0 Å². The zero-order valence-electron chi connectivity index (χ0n) is 15.4. The Kier molecular flexibility index (Phi) is 5.02. The molecule has 1 fully saturated rings. The van der Waals surface area contributed by atoms with E-state index in [0.717, 1.165) is 67.4 Å². The van der Waals surface area contributed by atoms with Crippen LogP contribution in [0.5, 0.6) is 0 Å². The molecule has 2 aromatic rings. The summed E-state index contributed by atoms with van der Waals surface area (Å²) in [7, 11) is 0. The number of carbonyl (C=O) groups is 1. The minimum Gasteiger partial charge on any atom is -0.326 e. The van der Waals surface area contributed by atoms with Crippen molar-refractivity contribution in [2.24, 2.45) is 5.92 Å². The molecule has 3 heterocycles. The first-order valence-electron chi connectivity index (χ1n) is 9.77. The van der Waals surface area contributed by atoms with Crippen molar-refractivity contribution in [1.29, 1.82) is 0 Å². The zero-order valence-corrected chi connectivity index (χ0v) is 15.4. The van der Waals surface area contributed by atoms with E-state index in [0.29, 0.717) is 0 Å². The Labute approximate surface area is 154 Å². The monoisotopic (exact) mass is 353 g/mol. The van der Waals surface area contributed by atoms with Crippen LogP contribution in [0.15, 0.2) is 18.2 Å². The fourth-order valence-electron chi connectivity index (χ4n) is 3.90. The van der Waals surface area contributed by atoms with Crippen molar-refractivity contribution in [3.05, 3.63) is 29.6 Å². The maximum Gasteiger partial charge on any atom is 0.228 e.